The van der Waals surface area contributed by atoms with Gasteiger partial charge in [-0.3, -0.25) is 0 Å². The Balaban J connectivity index is 0.000000312. The molecule has 1 aromatic heterocycles. The first-order chi connectivity index (χ1) is 16.8. The van der Waals surface area contributed by atoms with Crippen LogP contribution in [0.1, 0.15) is 48.7 Å². The molecule has 1 fully saturated rings. The lowest BCUT2D eigenvalue weighted by Crippen LogP contribution is -2.51. The van der Waals surface area contributed by atoms with Crippen LogP contribution in [-0.2, 0) is 21.0 Å². The number of carbonyl (C=O) groups excluding carboxylic acids is 1. The number of amides is 1. The maximum Gasteiger partial charge on any atom is 0.416 e. The summed E-state index contributed by atoms with van der Waals surface area (Å²) in [5, 5.41) is 0. The normalized spacial score (nSPS) is 14.1. The zero-order valence-corrected chi connectivity index (χ0v) is 22.2. The molecule has 2 aromatic rings. The minimum absolute atomic E-state index is 0.0561. The van der Waals surface area contributed by atoms with Gasteiger partial charge in [-0.1, -0.05) is 28.3 Å². The number of hydrogen-bond donors (Lipinski definition) is 1. The standard InChI is InChI=1S/C16H19F3N3O2.C9H12O3S/c1-15(2,3)24-14(23)21-9-11(10-21)4-5-13-8-12(16(17,18)19)6-7-22(13)20;1-6-4-7(2)9(8(3)5-6)13(10,11)12/h6-8,11H,9-10,20H2,1-3H3;4-5H,1-3H3,(H,10,11,12)/q+1;/p-1. The van der Waals surface area contributed by atoms with E-state index in [2.05, 4.69) is 11.8 Å². The van der Waals surface area contributed by atoms with E-state index in [0.717, 1.165) is 28.6 Å². The minimum Gasteiger partial charge on any atom is -0.744 e. The van der Waals surface area contributed by atoms with Crippen molar-refractivity contribution in [3.05, 3.63) is 58.4 Å². The topological polar surface area (TPSA) is 117 Å². The van der Waals surface area contributed by atoms with Crippen molar-refractivity contribution in [1.29, 1.82) is 0 Å². The number of rotatable bonds is 1. The summed E-state index contributed by atoms with van der Waals surface area (Å²) in [5.41, 5.74) is 0.678. The second-order valence-electron chi connectivity index (χ2n) is 9.74. The van der Waals surface area contributed by atoms with E-state index in [1.807, 2.05) is 6.92 Å². The van der Waals surface area contributed by atoms with Gasteiger partial charge in [0.2, 0.25) is 6.20 Å². The van der Waals surface area contributed by atoms with E-state index < -0.39 is 33.6 Å². The van der Waals surface area contributed by atoms with Gasteiger partial charge in [-0.05, 0) is 52.7 Å². The number of nitrogens with two attached hydrogens (primary N) is 1. The lowest BCUT2D eigenvalue weighted by Gasteiger charge is -2.37. The molecule has 2 heterocycles. The third-order valence-electron chi connectivity index (χ3n) is 5.10. The summed E-state index contributed by atoms with van der Waals surface area (Å²) in [6.07, 6.45) is -3.76. The average molecular weight is 542 g/mol. The molecule has 1 aromatic carbocycles. The Labute approximate surface area is 214 Å². The van der Waals surface area contributed by atoms with Crippen LogP contribution in [0.3, 0.4) is 0 Å². The van der Waals surface area contributed by atoms with Gasteiger partial charge in [-0.15, -0.1) is 0 Å². The summed E-state index contributed by atoms with van der Waals surface area (Å²) in [6, 6.07) is 5.17. The maximum atomic E-state index is 12.7. The van der Waals surface area contributed by atoms with Crippen LogP contribution in [0.5, 0.6) is 0 Å². The molecule has 0 saturated carbocycles. The molecule has 1 saturated heterocycles. The van der Waals surface area contributed by atoms with E-state index in [0.29, 0.717) is 24.2 Å². The Kier molecular flexibility index (Phi) is 8.88. The molecule has 37 heavy (non-hydrogen) atoms. The van der Waals surface area contributed by atoms with Crippen LogP contribution in [0, 0.1) is 38.5 Å². The predicted molar refractivity (Wildman–Crippen MR) is 129 cm³/mol. The summed E-state index contributed by atoms with van der Waals surface area (Å²) in [6.45, 7) is 11.2. The van der Waals surface area contributed by atoms with E-state index in [-0.39, 0.29) is 16.5 Å². The number of carbonyl (C=O) groups is 1. The fourth-order valence-corrected chi connectivity index (χ4v) is 4.48. The number of likely N-dealkylation sites (tertiary alicyclic amines) is 1. The van der Waals surface area contributed by atoms with E-state index in [1.165, 1.54) is 4.90 Å². The van der Waals surface area contributed by atoms with Gasteiger partial charge in [0, 0.05) is 31.1 Å². The lowest BCUT2D eigenvalue weighted by atomic mass is 10.0. The molecule has 12 heteroatoms. The van der Waals surface area contributed by atoms with Crippen LogP contribution in [0.2, 0.25) is 0 Å². The van der Waals surface area contributed by atoms with Crippen molar-refractivity contribution >= 4 is 16.2 Å². The second kappa shape index (κ2) is 11.0. The van der Waals surface area contributed by atoms with Crippen LogP contribution in [0.4, 0.5) is 18.0 Å². The zero-order valence-electron chi connectivity index (χ0n) is 21.4. The number of aryl methyl sites for hydroxylation is 3. The lowest BCUT2D eigenvalue weighted by molar-refractivity contribution is -0.641. The highest BCUT2D eigenvalue weighted by atomic mass is 32.2. The largest absolute Gasteiger partial charge is 0.744 e. The molecule has 3 rings (SSSR count). The Morgan fingerprint density at radius 1 is 1.14 bits per heavy atom. The number of ether oxygens (including phenoxy) is 1. The summed E-state index contributed by atoms with van der Waals surface area (Å²) in [7, 11) is -4.33. The van der Waals surface area contributed by atoms with Gasteiger partial charge in [-0.25, -0.2) is 19.1 Å². The van der Waals surface area contributed by atoms with Crippen molar-refractivity contribution < 1.29 is 40.3 Å². The van der Waals surface area contributed by atoms with Crippen molar-refractivity contribution in [2.75, 3.05) is 18.9 Å². The first-order valence-corrected chi connectivity index (χ1v) is 12.6. The van der Waals surface area contributed by atoms with Gasteiger partial charge >= 0.3 is 12.3 Å². The molecule has 202 valence electrons. The van der Waals surface area contributed by atoms with Crippen LogP contribution < -0.4 is 10.5 Å². The molecule has 0 radical (unpaired) electrons. The van der Waals surface area contributed by atoms with Crippen molar-refractivity contribution in [1.82, 2.24) is 4.90 Å². The van der Waals surface area contributed by atoms with Gasteiger partial charge in [0.1, 0.15) is 15.7 Å². The molecule has 8 nitrogen and oxygen atoms in total. The number of pyridine rings is 1. The Bertz CT molecular complexity index is 1310. The molecule has 0 aliphatic carbocycles. The highest BCUT2D eigenvalue weighted by Crippen LogP contribution is 2.28. The molecular formula is C25H30F3N3O5S. The van der Waals surface area contributed by atoms with Crippen molar-refractivity contribution in [3.63, 3.8) is 0 Å². The summed E-state index contributed by atoms with van der Waals surface area (Å²) >= 11 is 0. The molecular weight excluding hydrogens is 511 g/mol. The number of nitrogens with zero attached hydrogens (tertiary/aromatic N) is 2. The molecule has 2 N–H and O–H groups in total. The van der Waals surface area contributed by atoms with Crippen molar-refractivity contribution in [2.45, 2.75) is 58.2 Å². The zero-order chi connectivity index (χ0) is 28.3. The molecule has 1 aliphatic rings. The van der Waals surface area contributed by atoms with Gasteiger partial charge in [0.25, 0.3) is 5.69 Å². The second-order valence-corrected chi connectivity index (χ2v) is 11.1. The molecule has 0 atom stereocenters. The van der Waals surface area contributed by atoms with Gasteiger partial charge < -0.3 is 14.2 Å². The van der Waals surface area contributed by atoms with E-state index in [4.69, 9.17) is 10.6 Å². The van der Waals surface area contributed by atoms with Gasteiger partial charge in [0.15, 0.2) is 0 Å². The highest BCUT2D eigenvalue weighted by Gasteiger charge is 2.34. The Hall–Kier alpha value is -3.30. The van der Waals surface area contributed by atoms with Gasteiger partial charge in [-0.2, -0.15) is 13.2 Å². The number of benzene rings is 1. The summed E-state index contributed by atoms with van der Waals surface area (Å²) in [4.78, 5) is 13.2. The first kappa shape index (κ1) is 29.9. The fraction of sp³-hybridized carbons (Fsp3) is 0.440. The molecule has 0 unspecified atom stereocenters. The number of alkyl halides is 3. The quantitative estimate of drug-likeness (QED) is 0.256. The number of aromatic nitrogens is 1. The minimum atomic E-state index is -4.45. The highest BCUT2D eigenvalue weighted by molar-refractivity contribution is 7.85. The molecule has 1 aliphatic heterocycles. The SMILES string of the molecule is CC(C)(C)OC(=O)N1CC(C#Cc2cc(C(F)(F)F)cc[n+]2N)C1.Cc1cc(C)c(S(=O)(=O)[O-])c(C)c1. The number of halogens is 3. The molecule has 1 amide bonds. The predicted octanol–water partition coefficient (Wildman–Crippen LogP) is 3.44. The van der Waals surface area contributed by atoms with E-state index in [1.54, 1.807) is 46.8 Å². The molecule has 0 spiro atoms. The number of nitrogen functional groups attached to an aromatic ring is 1. The number of hydrogen-bond acceptors (Lipinski definition) is 6. The van der Waals surface area contributed by atoms with Crippen LogP contribution >= 0.6 is 0 Å². The van der Waals surface area contributed by atoms with Crippen LogP contribution in [-0.4, -0.2) is 42.7 Å². The van der Waals surface area contributed by atoms with Crippen molar-refractivity contribution in [2.24, 2.45) is 5.92 Å². The van der Waals surface area contributed by atoms with Crippen LogP contribution in [0.15, 0.2) is 35.4 Å². The average Bonchev–Trinajstić information content (AvgIpc) is 2.64. The fourth-order valence-electron chi connectivity index (χ4n) is 3.57. The molecule has 0 bridgehead atoms. The third kappa shape index (κ3) is 8.65. The Morgan fingerprint density at radius 2 is 1.68 bits per heavy atom. The Morgan fingerprint density at radius 3 is 2.14 bits per heavy atom. The summed E-state index contributed by atoms with van der Waals surface area (Å²) < 4.78 is 76.8. The third-order valence-corrected chi connectivity index (χ3v) is 6.25. The van der Waals surface area contributed by atoms with Gasteiger partial charge in [0.05, 0.1) is 16.4 Å². The monoisotopic (exact) mass is 541 g/mol. The first-order valence-electron chi connectivity index (χ1n) is 11.2. The maximum absolute atomic E-state index is 12.7. The van der Waals surface area contributed by atoms with Crippen LogP contribution in [0.25, 0.3) is 0 Å². The van der Waals surface area contributed by atoms with E-state index in [9.17, 15) is 30.9 Å². The summed E-state index contributed by atoms with van der Waals surface area (Å²) in [5.74, 6) is 10.9. The van der Waals surface area contributed by atoms with E-state index >= 15 is 0 Å². The van der Waals surface area contributed by atoms with Crippen molar-refractivity contribution in [3.8, 4) is 11.8 Å². The smallest absolute Gasteiger partial charge is 0.416 e.